The van der Waals surface area contributed by atoms with Gasteiger partial charge in [0.15, 0.2) is 17.5 Å². The molecule has 0 fully saturated rings. The summed E-state index contributed by atoms with van der Waals surface area (Å²) in [5, 5.41) is 6.79. The van der Waals surface area contributed by atoms with Gasteiger partial charge in [-0.15, -0.1) is 24.0 Å². The number of nitrogens with zero attached hydrogens (tertiary/aromatic N) is 2. The Balaban J connectivity index is 0.00000420. The third kappa shape index (κ3) is 7.40. The molecule has 1 unspecified atom stereocenters. The van der Waals surface area contributed by atoms with E-state index in [0.717, 1.165) is 29.6 Å². The van der Waals surface area contributed by atoms with E-state index in [2.05, 4.69) is 71.9 Å². The van der Waals surface area contributed by atoms with Gasteiger partial charge in [0.1, 0.15) is 0 Å². The molecule has 0 saturated carbocycles. The Hall–Kier alpha value is -2.00. The van der Waals surface area contributed by atoms with Crippen LogP contribution in [0.25, 0.3) is 0 Å². The van der Waals surface area contributed by atoms with Crippen molar-refractivity contribution in [3.63, 3.8) is 0 Å². The molecule has 2 N–H and O–H groups in total. The number of nitrogens with one attached hydrogen (secondary N) is 2. The molecule has 6 nitrogen and oxygen atoms in total. The molecule has 2 aromatic carbocycles. The molecule has 0 bridgehead atoms. The maximum Gasteiger partial charge on any atom is 0.191 e. The minimum atomic E-state index is 0. The summed E-state index contributed by atoms with van der Waals surface area (Å²) in [6.45, 7) is 3.52. The predicted octanol–water partition coefficient (Wildman–Crippen LogP) is 3.60. The monoisotopic (exact) mass is 512 g/mol. The van der Waals surface area contributed by atoms with E-state index in [1.165, 1.54) is 11.1 Å². The smallest absolute Gasteiger partial charge is 0.191 e. The molecule has 0 aliphatic heterocycles. The Morgan fingerprint density at radius 3 is 2.21 bits per heavy atom. The average Bonchev–Trinajstić information content (AvgIpc) is 2.71. The van der Waals surface area contributed by atoms with Crippen LogP contribution in [-0.4, -0.2) is 52.8 Å². The Kier molecular flexibility index (Phi) is 10.8. The van der Waals surface area contributed by atoms with E-state index in [1.807, 2.05) is 12.1 Å². The highest BCUT2D eigenvalue weighted by Crippen LogP contribution is 2.31. The van der Waals surface area contributed by atoms with Gasteiger partial charge in [-0.05, 0) is 44.3 Å². The Morgan fingerprint density at radius 2 is 1.66 bits per heavy atom. The first kappa shape index (κ1) is 25.0. The molecule has 160 valence electrons. The van der Waals surface area contributed by atoms with Crippen molar-refractivity contribution < 1.29 is 9.47 Å². The van der Waals surface area contributed by atoms with Crippen LogP contribution in [0.15, 0.2) is 47.5 Å². The molecule has 0 heterocycles. The Morgan fingerprint density at radius 1 is 1.00 bits per heavy atom. The number of hydrogen-bond acceptors (Lipinski definition) is 4. The van der Waals surface area contributed by atoms with E-state index in [1.54, 1.807) is 21.3 Å². The van der Waals surface area contributed by atoms with Crippen LogP contribution in [0.5, 0.6) is 11.5 Å². The van der Waals surface area contributed by atoms with Crippen LogP contribution < -0.4 is 20.1 Å². The zero-order valence-corrected chi connectivity index (χ0v) is 20.5. The summed E-state index contributed by atoms with van der Waals surface area (Å²) in [5.74, 6) is 2.23. The van der Waals surface area contributed by atoms with Crippen LogP contribution in [0.4, 0.5) is 0 Å². The number of hydrogen-bond donors (Lipinski definition) is 2. The van der Waals surface area contributed by atoms with Crippen molar-refractivity contribution in [1.29, 1.82) is 0 Å². The van der Waals surface area contributed by atoms with Crippen molar-refractivity contribution in [2.75, 3.05) is 41.9 Å². The van der Waals surface area contributed by atoms with E-state index in [-0.39, 0.29) is 30.0 Å². The maximum absolute atomic E-state index is 5.45. The number of rotatable bonds is 8. The third-order valence-electron chi connectivity index (χ3n) is 4.68. The summed E-state index contributed by atoms with van der Waals surface area (Å²) in [6.07, 6.45) is 0. The number of guanidine groups is 1. The number of benzene rings is 2. The topological polar surface area (TPSA) is 58.1 Å². The highest BCUT2D eigenvalue weighted by Gasteiger charge is 2.17. The van der Waals surface area contributed by atoms with Gasteiger partial charge in [0, 0.05) is 20.1 Å². The molecule has 0 aromatic heterocycles. The molecular weight excluding hydrogens is 479 g/mol. The zero-order chi connectivity index (χ0) is 20.5. The molecule has 0 spiro atoms. The van der Waals surface area contributed by atoms with Crippen molar-refractivity contribution in [3.8, 4) is 11.5 Å². The van der Waals surface area contributed by atoms with Gasteiger partial charge < -0.3 is 25.0 Å². The lowest BCUT2D eigenvalue weighted by Gasteiger charge is -2.26. The van der Waals surface area contributed by atoms with Crippen molar-refractivity contribution in [1.82, 2.24) is 15.5 Å². The quantitative estimate of drug-likeness (QED) is 0.322. The fraction of sp³-hybridized carbons (Fsp3) is 0.409. The SMILES string of the molecule is CN=C(NCc1ccc(C)cc1)NCC(c1ccc(OC)c(OC)c1)N(C)C.I. The summed E-state index contributed by atoms with van der Waals surface area (Å²) < 4.78 is 10.8. The van der Waals surface area contributed by atoms with Gasteiger partial charge in [-0.1, -0.05) is 35.9 Å². The molecule has 2 aromatic rings. The number of ether oxygens (including phenoxy) is 2. The van der Waals surface area contributed by atoms with E-state index in [4.69, 9.17) is 9.47 Å². The third-order valence-corrected chi connectivity index (χ3v) is 4.68. The first-order chi connectivity index (χ1) is 13.5. The van der Waals surface area contributed by atoms with Gasteiger partial charge in [-0.2, -0.15) is 0 Å². The van der Waals surface area contributed by atoms with Crippen molar-refractivity contribution in [3.05, 3.63) is 59.2 Å². The maximum atomic E-state index is 5.45. The molecule has 0 saturated heterocycles. The lowest BCUT2D eigenvalue weighted by atomic mass is 10.1. The number of aryl methyl sites for hydroxylation is 1. The second kappa shape index (κ2) is 12.5. The van der Waals surface area contributed by atoms with Crippen LogP contribution in [0.3, 0.4) is 0 Å². The van der Waals surface area contributed by atoms with E-state index < -0.39 is 0 Å². The minimum Gasteiger partial charge on any atom is -0.493 e. The molecule has 0 aliphatic carbocycles. The molecule has 0 amide bonds. The zero-order valence-electron chi connectivity index (χ0n) is 18.2. The van der Waals surface area contributed by atoms with Crippen LogP contribution in [0.1, 0.15) is 22.7 Å². The Bertz CT molecular complexity index is 779. The standard InChI is InChI=1S/C22H32N4O2.HI/c1-16-7-9-17(10-8-16)14-24-22(23-2)25-15-19(26(3)4)18-11-12-20(27-5)21(13-18)28-6;/h7-13,19H,14-15H2,1-6H3,(H2,23,24,25);1H. The van der Waals surface area contributed by atoms with Gasteiger partial charge in [0.25, 0.3) is 0 Å². The summed E-state index contributed by atoms with van der Waals surface area (Å²) in [5.41, 5.74) is 3.62. The summed E-state index contributed by atoms with van der Waals surface area (Å²) in [4.78, 5) is 6.51. The van der Waals surface area contributed by atoms with Crippen LogP contribution in [0.2, 0.25) is 0 Å². The Labute approximate surface area is 191 Å². The number of aliphatic imine (C=N–C) groups is 1. The average molecular weight is 512 g/mol. The fourth-order valence-electron chi connectivity index (χ4n) is 2.96. The van der Waals surface area contributed by atoms with Crippen molar-refractivity contribution in [2.24, 2.45) is 4.99 Å². The molecule has 0 radical (unpaired) electrons. The first-order valence-electron chi connectivity index (χ1n) is 9.37. The van der Waals surface area contributed by atoms with Crippen molar-refractivity contribution in [2.45, 2.75) is 19.5 Å². The van der Waals surface area contributed by atoms with Gasteiger partial charge in [0.2, 0.25) is 0 Å². The van der Waals surface area contributed by atoms with Gasteiger partial charge in [0.05, 0.1) is 20.3 Å². The molecular formula is C22H33IN4O2. The van der Waals surface area contributed by atoms with E-state index >= 15 is 0 Å². The van der Waals surface area contributed by atoms with Crippen LogP contribution in [-0.2, 0) is 6.54 Å². The number of likely N-dealkylation sites (N-methyl/N-ethyl adjacent to an activating group) is 1. The van der Waals surface area contributed by atoms with Gasteiger partial charge in [-0.3, -0.25) is 4.99 Å². The van der Waals surface area contributed by atoms with E-state index in [0.29, 0.717) is 6.54 Å². The van der Waals surface area contributed by atoms with Crippen molar-refractivity contribution >= 4 is 29.9 Å². The molecule has 0 aliphatic rings. The minimum absolute atomic E-state index is 0. The van der Waals surface area contributed by atoms with E-state index in [9.17, 15) is 0 Å². The fourth-order valence-corrected chi connectivity index (χ4v) is 2.96. The van der Waals surface area contributed by atoms with Gasteiger partial charge in [-0.25, -0.2) is 0 Å². The summed E-state index contributed by atoms with van der Waals surface area (Å²) in [6, 6.07) is 14.7. The molecule has 2 rings (SSSR count). The summed E-state index contributed by atoms with van der Waals surface area (Å²) in [7, 11) is 9.20. The molecule has 29 heavy (non-hydrogen) atoms. The lowest BCUT2D eigenvalue weighted by Crippen LogP contribution is -2.41. The molecule has 1 atom stereocenters. The van der Waals surface area contributed by atoms with Crippen LogP contribution in [0, 0.1) is 6.92 Å². The highest BCUT2D eigenvalue weighted by atomic mass is 127. The van der Waals surface area contributed by atoms with Crippen LogP contribution >= 0.6 is 24.0 Å². The second-order valence-corrected chi connectivity index (χ2v) is 6.89. The normalized spacial score (nSPS) is 12.2. The second-order valence-electron chi connectivity index (χ2n) is 6.89. The highest BCUT2D eigenvalue weighted by molar-refractivity contribution is 14.0. The predicted molar refractivity (Wildman–Crippen MR) is 131 cm³/mol. The molecule has 7 heteroatoms. The number of methoxy groups -OCH3 is 2. The lowest BCUT2D eigenvalue weighted by molar-refractivity contribution is 0.295. The first-order valence-corrected chi connectivity index (χ1v) is 9.37. The largest absolute Gasteiger partial charge is 0.493 e. The summed E-state index contributed by atoms with van der Waals surface area (Å²) >= 11 is 0. The van der Waals surface area contributed by atoms with Gasteiger partial charge >= 0.3 is 0 Å². The number of halogens is 1.